The molecule has 144 valence electrons. The zero-order valence-electron chi connectivity index (χ0n) is 15.1. The number of rotatable bonds is 4. The van der Waals surface area contributed by atoms with E-state index in [1.54, 1.807) is 41.3 Å². The summed E-state index contributed by atoms with van der Waals surface area (Å²) >= 11 is 6.17. The van der Waals surface area contributed by atoms with Crippen molar-refractivity contribution in [2.45, 2.75) is 25.2 Å². The smallest absolute Gasteiger partial charge is 0.255 e. The van der Waals surface area contributed by atoms with Gasteiger partial charge in [-0.15, -0.1) is 10.2 Å². The maximum Gasteiger partial charge on any atom is 0.255 e. The molecule has 1 aromatic heterocycles. The summed E-state index contributed by atoms with van der Waals surface area (Å²) in [5, 5.41) is 8.75. The maximum atomic E-state index is 13.0. The van der Waals surface area contributed by atoms with E-state index in [0.717, 1.165) is 18.4 Å². The molecule has 0 bridgehead atoms. The standard InChI is InChI=1S/C21H19ClFN3O2/c22-18-6-2-1-5-17(18)21(27)26-11-3-4-15(13-26)20-25-24-19(28-20)12-14-7-9-16(23)10-8-14/h1-2,5-10,15H,3-4,11-13H2. The number of piperidine rings is 1. The van der Waals surface area contributed by atoms with Crippen LogP contribution in [-0.2, 0) is 6.42 Å². The van der Waals surface area contributed by atoms with Crippen molar-refractivity contribution in [2.75, 3.05) is 13.1 Å². The number of aromatic nitrogens is 2. The van der Waals surface area contributed by atoms with Crippen LogP contribution < -0.4 is 0 Å². The molecule has 1 saturated heterocycles. The maximum absolute atomic E-state index is 13.0. The summed E-state index contributed by atoms with van der Waals surface area (Å²) < 4.78 is 18.9. The van der Waals surface area contributed by atoms with E-state index in [2.05, 4.69) is 10.2 Å². The first kappa shape index (κ1) is 18.6. The zero-order chi connectivity index (χ0) is 19.5. The number of carbonyl (C=O) groups excluding carboxylic acids is 1. The fourth-order valence-electron chi connectivity index (χ4n) is 3.45. The Morgan fingerprint density at radius 2 is 1.96 bits per heavy atom. The highest BCUT2D eigenvalue weighted by molar-refractivity contribution is 6.33. The number of hydrogen-bond acceptors (Lipinski definition) is 4. The molecule has 0 spiro atoms. The molecule has 0 saturated carbocycles. The van der Waals surface area contributed by atoms with E-state index in [0.29, 0.717) is 41.9 Å². The average molecular weight is 400 g/mol. The zero-order valence-corrected chi connectivity index (χ0v) is 15.9. The van der Waals surface area contributed by atoms with Crippen LogP contribution in [0.1, 0.15) is 46.5 Å². The predicted molar refractivity (Wildman–Crippen MR) is 103 cm³/mol. The van der Waals surface area contributed by atoms with Gasteiger partial charge >= 0.3 is 0 Å². The number of hydrogen-bond donors (Lipinski definition) is 0. The van der Waals surface area contributed by atoms with Gasteiger partial charge < -0.3 is 9.32 Å². The first-order chi connectivity index (χ1) is 13.6. The van der Waals surface area contributed by atoms with Gasteiger partial charge in [-0.25, -0.2) is 4.39 Å². The largest absolute Gasteiger partial charge is 0.425 e. The van der Waals surface area contributed by atoms with Crippen molar-refractivity contribution in [3.05, 3.63) is 82.3 Å². The Morgan fingerprint density at radius 3 is 2.75 bits per heavy atom. The quantitative estimate of drug-likeness (QED) is 0.649. The van der Waals surface area contributed by atoms with Crippen LogP contribution in [0.5, 0.6) is 0 Å². The number of amides is 1. The number of halogens is 2. The lowest BCUT2D eigenvalue weighted by molar-refractivity contribution is 0.0698. The average Bonchev–Trinajstić information content (AvgIpc) is 3.18. The topological polar surface area (TPSA) is 59.2 Å². The second kappa shape index (κ2) is 8.10. The Hall–Kier alpha value is -2.73. The number of benzene rings is 2. The highest BCUT2D eigenvalue weighted by Gasteiger charge is 2.29. The molecule has 7 heteroatoms. The van der Waals surface area contributed by atoms with Gasteiger partial charge in [0, 0.05) is 13.1 Å². The van der Waals surface area contributed by atoms with Crippen molar-refractivity contribution in [3.8, 4) is 0 Å². The second-order valence-corrected chi connectivity index (χ2v) is 7.31. The van der Waals surface area contributed by atoms with Crippen molar-refractivity contribution in [1.82, 2.24) is 15.1 Å². The molecule has 1 atom stereocenters. The molecule has 1 unspecified atom stereocenters. The van der Waals surface area contributed by atoms with E-state index in [1.165, 1.54) is 12.1 Å². The Balaban J connectivity index is 1.45. The summed E-state index contributed by atoms with van der Waals surface area (Å²) in [6.07, 6.45) is 2.18. The van der Waals surface area contributed by atoms with Gasteiger partial charge in [-0.05, 0) is 42.7 Å². The number of likely N-dealkylation sites (tertiary alicyclic amines) is 1. The monoisotopic (exact) mass is 399 g/mol. The van der Waals surface area contributed by atoms with E-state index >= 15 is 0 Å². The van der Waals surface area contributed by atoms with E-state index < -0.39 is 0 Å². The van der Waals surface area contributed by atoms with Gasteiger partial charge in [0.2, 0.25) is 11.8 Å². The molecule has 0 aliphatic carbocycles. The van der Waals surface area contributed by atoms with Crippen molar-refractivity contribution in [1.29, 1.82) is 0 Å². The predicted octanol–water partition coefficient (Wildman–Crippen LogP) is 4.47. The van der Waals surface area contributed by atoms with Gasteiger partial charge in [-0.2, -0.15) is 0 Å². The van der Waals surface area contributed by atoms with Gasteiger partial charge in [-0.1, -0.05) is 35.9 Å². The third-order valence-corrected chi connectivity index (χ3v) is 5.24. The molecule has 3 aromatic rings. The number of carbonyl (C=O) groups is 1. The Kier molecular flexibility index (Phi) is 5.39. The highest BCUT2D eigenvalue weighted by Crippen LogP contribution is 2.28. The molecule has 0 radical (unpaired) electrons. The fourth-order valence-corrected chi connectivity index (χ4v) is 3.66. The second-order valence-electron chi connectivity index (χ2n) is 6.91. The van der Waals surface area contributed by atoms with Gasteiger partial charge in [0.25, 0.3) is 5.91 Å². The van der Waals surface area contributed by atoms with Crippen LogP contribution in [0.25, 0.3) is 0 Å². The van der Waals surface area contributed by atoms with Crippen LogP contribution in [-0.4, -0.2) is 34.1 Å². The lowest BCUT2D eigenvalue weighted by Gasteiger charge is -2.31. The SMILES string of the molecule is O=C(c1ccccc1Cl)N1CCCC(c2nnc(Cc3ccc(F)cc3)o2)C1. The summed E-state index contributed by atoms with van der Waals surface area (Å²) in [6.45, 7) is 1.19. The van der Waals surface area contributed by atoms with E-state index in [4.69, 9.17) is 16.0 Å². The molecule has 2 aromatic carbocycles. The first-order valence-corrected chi connectivity index (χ1v) is 9.58. The summed E-state index contributed by atoms with van der Waals surface area (Å²) in [5.41, 5.74) is 1.41. The van der Waals surface area contributed by atoms with Crippen LogP contribution >= 0.6 is 11.6 Å². The van der Waals surface area contributed by atoms with Crippen LogP contribution in [0.2, 0.25) is 5.02 Å². The highest BCUT2D eigenvalue weighted by atomic mass is 35.5. The molecule has 1 amide bonds. The molecular weight excluding hydrogens is 381 g/mol. The molecule has 5 nitrogen and oxygen atoms in total. The van der Waals surface area contributed by atoms with Gasteiger partial charge in [-0.3, -0.25) is 4.79 Å². The Bertz CT molecular complexity index is 974. The molecule has 28 heavy (non-hydrogen) atoms. The lowest BCUT2D eigenvalue weighted by Crippen LogP contribution is -2.39. The minimum absolute atomic E-state index is 0.00495. The molecule has 4 rings (SSSR count). The Morgan fingerprint density at radius 1 is 1.18 bits per heavy atom. The van der Waals surface area contributed by atoms with E-state index in [9.17, 15) is 9.18 Å². The van der Waals surface area contributed by atoms with Crippen molar-refractivity contribution in [3.63, 3.8) is 0 Å². The lowest BCUT2D eigenvalue weighted by atomic mass is 9.97. The van der Waals surface area contributed by atoms with Gasteiger partial charge in [0.15, 0.2) is 0 Å². The summed E-state index contributed by atoms with van der Waals surface area (Å²) in [6, 6.07) is 13.3. The molecule has 0 N–H and O–H groups in total. The van der Waals surface area contributed by atoms with Crippen molar-refractivity contribution < 1.29 is 13.6 Å². The van der Waals surface area contributed by atoms with Crippen LogP contribution in [0.15, 0.2) is 52.9 Å². The third kappa shape index (κ3) is 4.07. The molecule has 2 heterocycles. The Labute approximate surface area is 167 Å². The number of nitrogens with zero attached hydrogens (tertiary/aromatic N) is 3. The summed E-state index contributed by atoms with van der Waals surface area (Å²) in [4.78, 5) is 14.6. The van der Waals surface area contributed by atoms with Crippen LogP contribution in [0.3, 0.4) is 0 Å². The fraction of sp³-hybridized carbons (Fsp3) is 0.286. The van der Waals surface area contributed by atoms with E-state index in [-0.39, 0.29) is 17.6 Å². The molecular formula is C21H19ClFN3O2. The molecule has 1 aliphatic heterocycles. The van der Waals surface area contributed by atoms with Crippen molar-refractivity contribution in [2.24, 2.45) is 0 Å². The molecule has 1 aliphatic rings. The normalized spacial score (nSPS) is 16.9. The van der Waals surface area contributed by atoms with Crippen LogP contribution in [0, 0.1) is 5.82 Å². The van der Waals surface area contributed by atoms with Gasteiger partial charge in [0.1, 0.15) is 5.82 Å². The first-order valence-electron chi connectivity index (χ1n) is 9.20. The minimum Gasteiger partial charge on any atom is -0.425 e. The minimum atomic E-state index is -0.277. The van der Waals surface area contributed by atoms with E-state index in [1.807, 2.05) is 0 Å². The molecule has 1 fully saturated rings. The van der Waals surface area contributed by atoms with Gasteiger partial charge in [0.05, 0.1) is 22.9 Å². The summed E-state index contributed by atoms with van der Waals surface area (Å²) in [5.74, 6) is 0.654. The van der Waals surface area contributed by atoms with Crippen LogP contribution in [0.4, 0.5) is 4.39 Å². The van der Waals surface area contributed by atoms with Crippen molar-refractivity contribution >= 4 is 17.5 Å². The summed E-state index contributed by atoms with van der Waals surface area (Å²) in [7, 11) is 0. The third-order valence-electron chi connectivity index (χ3n) is 4.91.